The third-order valence-electron chi connectivity index (χ3n) is 3.90. The maximum absolute atomic E-state index is 12.3. The number of aromatic amines is 1. The summed E-state index contributed by atoms with van der Waals surface area (Å²) in [4.78, 5) is 15.4. The highest BCUT2D eigenvalue weighted by molar-refractivity contribution is 6.00. The summed E-state index contributed by atoms with van der Waals surface area (Å²) in [6.07, 6.45) is 10.7. The predicted octanol–water partition coefficient (Wildman–Crippen LogP) is 5.70. The molecule has 0 aliphatic rings. The minimum atomic E-state index is -0.365. The van der Waals surface area contributed by atoms with Crippen LogP contribution in [-0.4, -0.2) is 17.6 Å². The van der Waals surface area contributed by atoms with E-state index < -0.39 is 0 Å². The lowest BCUT2D eigenvalue weighted by molar-refractivity contribution is 0.0520. The third kappa shape index (κ3) is 4.38. The molecule has 1 N–H and O–H groups in total. The van der Waals surface area contributed by atoms with Crippen LogP contribution >= 0.6 is 0 Å². The molecule has 130 valence electrons. The Morgan fingerprint density at radius 2 is 1.96 bits per heavy atom. The SMILES string of the molecule is C=C(/C=C\C=C/CC)c1c(-c2ccccc2C)c[nH]c1C(=O)OCC. The third-order valence-corrected chi connectivity index (χ3v) is 3.90. The van der Waals surface area contributed by atoms with Crippen molar-refractivity contribution >= 4 is 11.5 Å². The second kappa shape index (κ2) is 8.88. The Hall–Kier alpha value is -2.81. The van der Waals surface area contributed by atoms with E-state index in [1.54, 1.807) is 6.92 Å². The van der Waals surface area contributed by atoms with Gasteiger partial charge < -0.3 is 9.72 Å². The lowest BCUT2D eigenvalue weighted by Gasteiger charge is -2.09. The molecule has 0 saturated heterocycles. The van der Waals surface area contributed by atoms with Crippen molar-refractivity contribution in [3.63, 3.8) is 0 Å². The number of rotatable bonds is 7. The number of benzene rings is 1. The quantitative estimate of drug-likeness (QED) is 0.521. The van der Waals surface area contributed by atoms with Gasteiger partial charge in [-0.3, -0.25) is 0 Å². The standard InChI is InChI=1S/C22H25NO2/c1-5-7-8-9-13-17(4)20-19(18-14-11-10-12-16(18)3)15-23-21(20)22(24)25-6-2/h7-15,23H,4-6H2,1-3H3/b8-7-,13-9-. The van der Waals surface area contributed by atoms with Crippen LogP contribution in [-0.2, 0) is 4.74 Å². The second-order valence-corrected chi connectivity index (χ2v) is 5.71. The van der Waals surface area contributed by atoms with E-state index in [1.807, 2.05) is 42.6 Å². The molecule has 0 amide bonds. The van der Waals surface area contributed by atoms with Gasteiger partial charge >= 0.3 is 5.97 Å². The zero-order valence-corrected chi connectivity index (χ0v) is 15.1. The lowest BCUT2D eigenvalue weighted by Crippen LogP contribution is -2.07. The molecule has 0 unspecified atom stereocenters. The van der Waals surface area contributed by atoms with Crippen LogP contribution < -0.4 is 0 Å². The predicted molar refractivity (Wildman–Crippen MR) is 105 cm³/mol. The molecule has 0 spiro atoms. The molecule has 0 fully saturated rings. The van der Waals surface area contributed by atoms with E-state index in [0.717, 1.165) is 34.2 Å². The van der Waals surface area contributed by atoms with Crippen LogP contribution in [0.3, 0.4) is 0 Å². The van der Waals surface area contributed by atoms with Gasteiger partial charge in [0.1, 0.15) is 5.69 Å². The molecule has 0 aliphatic carbocycles. The fourth-order valence-electron chi connectivity index (χ4n) is 2.68. The summed E-state index contributed by atoms with van der Waals surface area (Å²) in [5.74, 6) is -0.365. The van der Waals surface area contributed by atoms with Gasteiger partial charge in [-0.1, -0.05) is 62.1 Å². The maximum Gasteiger partial charge on any atom is 0.355 e. The number of carbonyl (C=O) groups excluding carboxylic acids is 1. The highest BCUT2D eigenvalue weighted by atomic mass is 16.5. The molecule has 0 aliphatic heterocycles. The van der Waals surface area contributed by atoms with E-state index in [0.29, 0.717) is 12.3 Å². The number of carbonyl (C=O) groups is 1. The van der Waals surface area contributed by atoms with Gasteiger partial charge in [-0.15, -0.1) is 0 Å². The topological polar surface area (TPSA) is 42.1 Å². The van der Waals surface area contributed by atoms with Gasteiger partial charge in [-0.25, -0.2) is 4.79 Å². The molecule has 1 heterocycles. The van der Waals surface area contributed by atoms with E-state index in [9.17, 15) is 4.79 Å². The van der Waals surface area contributed by atoms with Crippen molar-refractivity contribution in [2.75, 3.05) is 6.61 Å². The number of nitrogens with one attached hydrogen (secondary N) is 1. The first-order chi connectivity index (χ1) is 12.1. The Kier molecular flexibility index (Phi) is 6.58. The Morgan fingerprint density at radius 3 is 2.64 bits per heavy atom. The number of allylic oxidation sites excluding steroid dienone is 5. The summed E-state index contributed by atoms with van der Waals surface area (Å²) < 4.78 is 5.19. The number of esters is 1. The van der Waals surface area contributed by atoms with Crippen LogP contribution in [0.15, 0.2) is 61.3 Å². The second-order valence-electron chi connectivity index (χ2n) is 5.71. The van der Waals surface area contributed by atoms with E-state index in [-0.39, 0.29) is 5.97 Å². The summed E-state index contributed by atoms with van der Waals surface area (Å²) in [5, 5.41) is 0. The molecule has 25 heavy (non-hydrogen) atoms. The first kappa shape index (κ1) is 18.5. The fourth-order valence-corrected chi connectivity index (χ4v) is 2.68. The number of aryl methyl sites for hydroxylation is 1. The van der Waals surface area contributed by atoms with Crippen molar-refractivity contribution < 1.29 is 9.53 Å². The molecule has 0 atom stereocenters. The summed E-state index contributed by atoms with van der Waals surface area (Å²) in [6.45, 7) is 10.4. The zero-order valence-electron chi connectivity index (χ0n) is 15.1. The number of aromatic nitrogens is 1. The van der Waals surface area contributed by atoms with Gasteiger partial charge in [0, 0.05) is 17.3 Å². The summed E-state index contributed by atoms with van der Waals surface area (Å²) in [6, 6.07) is 8.09. The first-order valence-corrected chi connectivity index (χ1v) is 8.57. The van der Waals surface area contributed by atoms with Gasteiger partial charge in [0.15, 0.2) is 0 Å². The first-order valence-electron chi connectivity index (χ1n) is 8.57. The van der Waals surface area contributed by atoms with E-state index in [4.69, 9.17) is 4.74 Å². The van der Waals surface area contributed by atoms with Gasteiger partial charge in [-0.2, -0.15) is 0 Å². The van der Waals surface area contributed by atoms with E-state index >= 15 is 0 Å². The van der Waals surface area contributed by atoms with Crippen LogP contribution in [0.5, 0.6) is 0 Å². The van der Waals surface area contributed by atoms with Gasteiger partial charge in [0.05, 0.1) is 6.61 Å². The Balaban J connectivity index is 2.52. The normalized spacial score (nSPS) is 11.3. The van der Waals surface area contributed by atoms with Gasteiger partial charge in [-0.05, 0) is 37.0 Å². The molecule has 2 rings (SSSR count). The zero-order chi connectivity index (χ0) is 18.2. The molecular formula is C22H25NO2. The maximum atomic E-state index is 12.3. The molecule has 0 bridgehead atoms. The monoisotopic (exact) mass is 335 g/mol. The fraction of sp³-hybridized carbons (Fsp3) is 0.227. The van der Waals surface area contributed by atoms with Crippen LogP contribution in [0.1, 0.15) is 41.9 Å². The molecule has 3 nitrogen and oxygen atoms in total. The Bertz CT molecular complexity index is 809. The largest absolute Gasteiger partial charge is 0.461 e. The minimum Gasteiger partial charge on any atom is -0.461 e. The van der Waals surface area contributed by atoms with Crippen molar-refractivity contribution in [2.45, 2.75) is 27.2 Å². The van der Waals surface area contributed by atoms with Gasteiger partial charge in [0.25, 0.3) is 0 Å². The average Bonchev–Trinajstić information content (AvgIpc) is 3.04. The number of hydrogen-bond donors (Lipinski definition) is 1. The molecule has 3 heteroatoms. The Labute approximate surface area is 149 Å². The smallest absolute Gasteiger partial charge is 0.355 e. The highest BCUT2D eigenvalue weighted by Gasteiger charge is 2.21. The lowest BCUT2D eigenvalue weighted by atomic mass is 9.94. The van der Waals surface area contributed by atoms with Crippen molar-refractivity contribution in [2.24, 2.45) is 0 Å². The van der Waals surface area contributed by atoms with Crippen molar-refractivity contribution in [1.29, 1.82) is 0 Å². The summed E-state index contributed by atoms with van der Waals surface area (Å²) >= 11 is 0. The van der Waals surface area contributed by atoms with Crippen molar-refractivity contribution in [3.8, 4) is 11.1 Å². The average molecular weight is 335 g/mol. The number of H-pyrrole nitrogens is 1. The minimum absolute atomic E-state index is 0.332. The molecule has 2 aromatic rings. The van der Waals surface area contributed by atoms with Crippen molar-refractivity contribution in [3.05, 3.63) is 78.2 Å². The number of hydrogen-bond acceptors (Lipinski definition) is 2. The molecular weight excluding hydrogens is 310 g/mol. The Morgan fingerprint density at radius 1 is 1.20 bits per heavy atom. The highest BCUT2D eigenvalue weighted by Crippen LogP contribution is 2.34. The molecule has 1 aromatic heterocycles. The molecule has 0 radical (unpaired) electrons. The van der Waals surface area contributed by atoms with E-state index in [1.165, 1.54) is 0 Å². The molecule has 1 aromatic carbocycles. The molecule has 0 saturated carbocycles. The van der Waals surface area contributed by atoms with Crippen LogP contribution in [0, 0.1) is 6.92 Å². The summed E-state index contributed by atoms with van der Waals surface area (Å²) in [7, 11) is 0. The van der Waals surface area contributed by atoms with Crippen molar-refractivity contribution in [1.82, 2.24) is 4.98 Å². The number of ether oxygens (including phenoxy) is 1. The van der Waals surface area contributed by atoms with Crippen LogP contribution in [0.25, 0.3) is 16.7 Å². The van der Waals surface area contributed by atoms with Crippen LogP contribution in [0.4, 0.5) is 0 Å². The van der Waals surface area contributed by atoms with Gasteiger partial charge in [0.2, 0.25) is 0 Å². The van der Waals surface area contributed by atoms with E-state index in [2.05, 4.69) is 37.6 Å². The van der Waals surface area contributed by atoms with Crippen LogP contribution in [0.2, 0.25) is 0 Å². The summed E-state index contributed by atoms with van der Waals surface area (Å²) in [5.41, 5.74) is 5.16.